The van der Waals surface area contributed by atoms with E-state index in [0.717, 1.165) is 0 Å². The van der Waals surface area contributed by atoms with Crippen molar-refractivity contribution in [2.24, 2.45) is 0 Å². The molecule has 19 heavy (non-hydrogen) atoms. The summed E-state index contributed by atoms with van der Waals surface area (Å²) in [5, 5.41) is 8.93. The van der Waals surface area contributed by atoms with Crippen LogP contribution in [0.15, 0.2) is 43.0 Å². The second kappa shape index (κ2) is 5.61. The predicted molar refractivity (Wildman–Crippen MR) is 75.1 cm³/mol. The van der Waals surface area contributed by atoms with Crippen molar-refractivity contribution >= 4 is 47.6 Å². The number of furan rings is 1. The fraction of sp³-hybridized carbons (Fsp3) is 0.100. The first-order chi connectivity index (χ1) is 8.94. The number of aromatic nitrogens is 1. The topological polar surface area (TPSA) is 92.4 Å². The van der Waals surface area contributed by atoms with E-state index in [1.54, 1.807) is 0 Å². The summed E-state index contributed by atoms with van der Waals surface area (Å²) in [4.78, 5) is 3.76. The number of rotatable bonds is 4. The molecule has 0 saturated heterocycles. The highest BCUT2D eigenvalue weighted by atomic mass is 79.9. The molecule has 2 aromatic heterocycles. The molecule has 0 unspecified atom stereocenters. The summed E-state index contributed by atoms with van der Waals surface area (Å²) in [6, 6.07) is 2.77. The Labute approximate surface area is 126 Å². The van der Waals surface area contributed by atoms with Gasteiger partial charge < -0.3 is 9.52 Å². The summed E-state index contributed by atoms with van der Waals surface area (Å²) in [7, 11) is -3.82. The number of nitrogens with zero attached hydrogens (tertiary/aromatic N) is 1. The van der Waals surface area contributed by atoms with E-state index in [-0.39, 0.29) is 21.9 Å². The van der Waals surface area contributed by atoms with Crippen LogP contribution in [0.1, 0.15) is 5.76 Å². The molecule has 0 saturated carbocycles. The normalized spacial score (nSPS) is 11.5. The molecular weight excluding hydrogens is 404 g/mol. The lowest BCUT2D eigenvalue weighted by molar-refractivity contribution is 0.245. The number of sulfonamides is 1. The molecule has 2 rings (SSSR count). The quantitative estimate of drug-likeness (QED) is 0.806. The number of hydrogen-bond acceptors (Lipinski definition) is 5. The maximum absolute atomic E-state index is 12.2. The maximum Gasteiger partial charge on any atom is 0.266 e. The Morgan fingerprint density at radius 2 is 2.16 bits per heavy atom. The molecule has 2 N–H and O–H groups in total. The first-order valence-corrected chi connectivity index (χ1v) is 8.02. The summed E-state index contributed by atoms with van der Waals surface area (Å²) in [6.07, 6.45) is 2.94. The molecule has 0 fully saturated rings. The van der Waals surface area contributed by atoms with Gasteiger partial charge in [0.2, 0.25) is 0 Å². The molecule has 0 atom stereocenters. The van der Waals surface area contributed by atoms with Gasteiger partial charge in [-0.3, -0.25) is 9.71 Å². The van der Waals surface area contributed by atoms with Crippen LogP contribution in [-0.2, 0) is 16.6 Å². The van der Waals surface area contributed by atoms with E-state index in [4.69, 9.17) is 9.52 Å². The molecule has 2 heterocycles. The van der Waals surface area contributed by atoms with Crippen molar-refractivity contribution in [1.82, 2.24) is 4.98 Å². The van der Waals surface area contributed by atoms with Crippen LogP contribution in [0.25, 0.3) is 0 Å². The second-order valence-electron chi connectivity index (χ2n) is 3.47. The van der Waals surface area contributed by atoms with E-state index < -0.39 is 10.0 Å². The number of anilines is 1. The van der Waals surface area contributed by atoms with Crippen LogP contribution in [0.4, 0.5) is 5.69 Å². The third kappa shape index (κ3) is 3.16. The van der Waals surface area contributed by atoms with Gasteiger partial charge >= 0.3 is 0 Å². The molecule has 0 bridgehead atoms. The Hall–Kier alpha value is -0.900. The van der Waals surface area contributed by atoms with Crippen LogP contribution in [-0.4, -0.2) is 18.5 Å². The standard InChI is InChI=1S/C10H8Br2N2O4S/c11-7-4-13-2-1-8(7)14-19(16,17)9-3-6(5-15)18-10(9)12/h1-4,15H,5H2,(H,13,14). The summed E-state index contributed by atoms with van der Waals surface area (Å²) < 4.78 is 32.3. The molecule has 0 aromatic carbocycles. The molecule has 0 radical (unpaired) electrons. The fourth-order valence-corrected chi connectivity index (χ4v) is 3.88. The number of pyridine rings is 1. The van der Waals surface area contributed by atoms with Gasteiger partial charge in [-0.2, -0.15) is 0 Å². The molecule has 0 aliphatic rings. The van der Waals surface area contributed by atoms with Crippen molar-refractivity contribution in [3.05, 3.63) is 39.4 Å². The third-order valence-corrected chi connectivity index (χ3v) is 5.02. The Bertz CT molecular complexity index is 699. The molecule has 2 aromatic rings. The molecule has 0 aliphatic carbocycles. The molecule has 6 nitrogen and oxygen atoms in total. The number of nitrogens with one attached hydrogen (secondary N) is 1. The predicted octanol–water partition coefficient (Wildman–Crippen LogP) is 2.49. The first kappa shape index (κ1) is 14.5. The molecule has 9 heteroatoms. The summed E-state index contributed by atoms with van der Waals surface area (Å²) >= 11 is 6.20. The highest BCUT2D eigenvalue weighted by Gasteiger charge is 2.23. The highest BCUT2D eigenvalue weighted by Crippen LogP contribution is 2.29. The van der Waals surface area contributed by atoms with E-state index in [1.807, 2.05) is 0 Å². The maximum atomic E-state index is 12.2. The van der Waals surface area contributed by atoms with Gasteiger partial charge in [0.25, 0.3) is 10.0 Å². The van der Waals surface area contributed by atoms with E-state index in [1.165, 1.54) is 24.5 Å². The molecule has 0 amide bonds. The van der Waals surface area contributed by atoms with Gasteiger partial charge in [-0.1, -0.05) is 0 Å². The van der Waals surface area contributed by atoms with Crippen LogP contribution in [0.5, 0.6) is 0 Å². The minimum Gasteiger partial charge on any atom is -0.450 e. The zero-order valence-electron chi connectivity index (χ0n) is 9.30. The second-order valence-corrected chi connectivity index (χ2v) is 6.70. The van der Waals surface area contributed by atoms with Crippen molar-refractivity contribution in [2.75, 3.05) is 4.72 Å². The third-order valence-electron chi connectivity index (χ3n) is 2.17. The van der Waals surface area contributed by atoms with Crippen LogP contribution in [0, 0.1) is 0 Å². The number of aliphatic hydroxyl groups excluding tert-OH is 1. The number of hydrogen-bond donors (Lipinski definition) is 2. The van der Waals surface area contributed by atoms with Gasteiger partial charge in [-0.15, -0.1) is 0 Å². The first-order valence-electron chi connectivity index (χ1n) is 4.95. The lowest BCUT2D eigenvalue weighted by Crippen LogP contribution is -2.13. The van der Waals surface area contributed by atoms with E-state index in [9.17, 15) is 8.42 Å². The smallest absolute Gasteiger partial charge is 0.266 e. The number of halogens is 2. The average molecular weight is 412 g/mol. The van der Waals surface area contributed by atoms with E-state index in [0.29, 0.717) is 10.2 Å². The lowest BCUT2D eigenvalue weighted by Gasteiger charge is -2.07. The molecule has 0 aliphatic heterocycles. The van der Waals surface area contributed by atoms with Crippen LogP contribution in [0.3, 0.4) is 0 Å². The monoisotopic (exact) mass is 410 g/mol. The molecule has 0 spiro atoms. The van der Waals surface area contributed by atoms with Gasteiger partial charge in [0, 0.05) is 18.5 Å². The van der Waals surface area contributed by atoms with E-state index >= 15 is 0 Å². The largest absolute Gasteiger partial charge is 0.450 e. The average Bonchev–Trinajstić information content (AvgIpc) is 2.74. The van der Waals surface area contributed by atoms with Crippen molar-refractivity contribution in [2.45, 2.75) is 11.5 Å². The van der Waals surface area contributed by atoms with Crippen LogP contribution >= 0.6 is 31.9 Å². The summed E-state index contributed by atoms with van der Waals surface area (Å²) in [6.45, 7) is -0.382. The van der Waals surface area contributed by atoms with Crippen molar-refractivity contribution in [3.8, 4) is 0 Å². The van der Waals surface area contributed by atoms with Crippen molar-refractivity contribution in [3.63, 3.8) is 0 Å². The number of aliphatic hydroxyl groups is 1. The zero-order valence-corrected chi connectivity index (χ0v) is 13.3. The Kier molecular flexibility index (Phi) is 4.29. The van der Waals surface area contributed by atoms with Crippen molar-refractivity contribution < 1.29 is 17.9 Å². The minimum absolute atomic E-state index is 0.0363. The van der Waals surface area contributed by atoms with Gasteiger partial charge in [0.05, 0.1) is 10.2 Å². The van der Waals surface area contributed by atoms with Crippen molar-refractivity contribution in [1.29, 1.82) is 0 Å². The van der Waals surface area contributed by atoms with Crippen LogP contribution < -0.4 is 4.72 Å². The molecule has 102 valence electrons. The SMILES string of the molecule is O=S(=O)(Nc1ccncc1Br)c1cc(CO)oc1Br. The highest BCUT2D eigenvalue weighted by molar-refractivity contribution is 9.10. The minimum atomic E-state index is -3.82. The lowest BCUT2D eigenvalue weighted by atomic mass is 10.4. The Morgan fingerprint density at radius 1 is 1.42 bits per heavy atom. The van der Waals surface area contributed by atoms with Gasteiger partial charge in [-0.25, -0.2) is 8.42 Å². The summed E-state index contributed by atoms with van der Waals surface area (Å²) in [5.74, 6) is 0.154. The van der Waals surface area contributed by atoms with Gasteiger partial charge in [0.15, 0.2) is 4.67 Å². The van der Waals surface area contributed by atoms with Gasteiger partial charge in [0.1, 0.15) is 17.3 Å². The Balaban J connectivity index is 2.38. The van der Waals surface area contributed by atoms with Gasteiger partial charge in [-0.05, 0) is 37.9 Å². The van der Waals surface area contributed by atoms with Crippen LogP contribution in [0.2, 0.25) is 0 Å². The van der Waals surface area contributed by atoms with E-state index in [2.05, 4.69) is 41.6 Å². The Morgan fingerprint density at radius 3 is 2.74 bits per heavy atom. The zero-order chi connectivity index (χ0) is 14.0. The summed E-state index contributed by atoms with van der Waals surface area (Å²) in [5.41, 5.74) is 0.355. The fourth-order valence-electron chi connectivity index (χ4n) is 1.32. The molecular formula is C10H8Br2N2O4S.